The standard InChI is InChI=1S/C20H20N2O3S/c1-13-7-4-5-8-16(13)11-24-20(23)17-9-6-10-21-19(17)26-12-18-14(2)22-25-15(18)3/h4-10H,11-12H2,1-3H3. The molecule has 5 nitrogen and oxygen atoms in total. The van der Waals surface area contributed by atoms with Gasteiger partial charge in [0.2, 0.25) is 0 Å². The van der Waals surface area contributed by atoms with E-state index in [0.717, 1.165) is 28.1 Å². The zero-order valence-corrected chi connectivity index (χ0v) is 15.8. The number of benzene rings is 1. The first-order valence-corrected chi connectivity index (χ1v) is 9.26. The lowest BCUT2D eigenvalue weighted by atomic mass is 10.1. The Labute approximate surface area is 156 Å². The molecule has 0 radical (unpaired) electrons. The summed E-state index contributed by atoms with van der Waals surface area (Å²) in [7, 11) is 0. The van der Waals surface area contributed by atoms with Crippen LogP contribution in [0.4, 0.5) is 0 Å². The fourth-order valence-electron chi connectivity index (χ4n) is 2.50. The molecule has 0 spiro atoms. The molecule has 0 atom stereocenters. The fourth-order valence-corrected chi connectivity index (χ4v) is 3.64. The van der Waals surface area contributed by atoms with Gasteiger partial charge in [0.15, 0.2) is 0 Å². The highest BCUT2D eigenvalue weighted by Gasteiger charge is 2.17. The van der Waals surface area contributed by atoms with Crippen LogP contribution in [0.15, 0.2) is 52.1 Å². The number of aromatic nitrogens is 2. The van der Waals surface area contributed by atoms with Gasteiger partial charge in [-0.2, -0.15) is 0 Å². The van der Waals surface area contributed by atoms with E-state index in [1.807, 2.05) is 45.0 Å². The number of hydrogen-bond donors (Lipinski definition) is 0. The van der Waals surface area contributed by atoms with Crippen LogP contribution >= 0.6 is 11.8 Å². The van der Waals surface area contributed by atoms with E-state index in [-0.39, 0.29) is 12.6 Å². The summed E-state index contributed by atoms with van der Waals surface area (Å²) in [4.78, 5) is 16.9. The number of ether oxygens (including phenoxy) is 1. The van der Waals surface area contributed by atoms with E-state index in [1.165, 1.54) is 11.8 Å². The number of pyridine rings is 1. The lowest BCUT2D eigenvalue weighted by molar-refractivity contribution is 0.0467. The van der Waals surface area contributed by atoms with E-state index >= 15 is 0 Å². The van der Waals surface area contributed by atoms with E-state index in [1.54, 1.807) is 18.3 Å². The molecule has 3 aromatic rings. The topological polar surface area (TPSA) is 65.2 Å². The molecule has 0 aliphatic rings. The monoisotopic (exact) mass is 368 g/mol. The predicted octanol–water partition coefficient (Wildman–Crippen LogP) is 4.64. The van der Waals surface area contributed by atoms with Gasteiger partial charge in [-0.05, 0) is 44.0 Å². The third-order valence-corrected chi connectivity index (χ3v) is 5.18. The van der Waals surface area contributed by atoms with Gasteiger partial charge in [-0.3, -0.25) is 0 Å². The molecule has 26 heavy (non-hydrogen) atoms. The molecule has 2 heterocycles. The first-order valence-electron chi connectivity index (χ1n) is 8.27. The van der Waals surface area contributed by atoms with E-state index < -0.39 is 0 Å². The molecule has 0 saturated heterocycles. The van der Waals surface area contributed by atoms with Crippen LogP contribution in [0.1, 0.15) is 38.5 Å². The Morgan fingerprint density at radius 3 is 2.69 bits per heavy atom. The lowest BCUT2D eigenvalue weighted by Crippen LogP contribution is -2.08. The van der Waals surface area contributed by atoms with Crippen molar-refractivity contribution in [2.24, 2.45) is 0 Å². The molecule has 2 aromatic heterocycles. The van der Waals surface area contributed by atoms with Crippen LogP contribution in [0.3, 0.4) is 0 Å². The zero-order chi connectivity index (χ0) is 18.5. The van der Waals surface area contributed by atoms with Crippen LogP contribution in [0, 0.1) is 20.8 Å². The molecule has 0 aliphatic heterocycles. The van der Waals surface area contributed by atoms with Gasteiger partial charge in [0.1, 0.15) is 17.4 Å². The van der Waals surface area contributed by atoms with Crippen molar-refractivity contribution in [1.82, 2.24) is 10.1 Å². The molecule has 0 unspecified atom stereocenters. The average Bonchev–Trinajstić information content (AvgIpc) is 2.97. The summed E-state index contributed by atoms with van der Waals surface area (Å²) in [6.45, 7) is 6.03. The van der Waals surface area contributed by atoms with Crippen molar-refractivity contribution in [3.05, 3.63) is 76.3 Å². The normalized spacial score (nSPS) is 10.7. The molecular weight excluding hydrogens is 348 g/mol. The highest BCUT2D eigenvalue weighted by molar-refractivity contribution is 7.98. The van der Waals surface area contributed by atoms with Crippen LogP contribution < -0.4 is 0 Å². The van der Waals surface area contributed by atoms with E-state index in [2.05, 4.69) is 10.1 Å². The summed E-state index contributed by atoms with van der Waals surface area (Å²) in [5.74, 6) is 1.05. The minimum absolute atomic E-state index is 0.244. The summed E-state index contributed by atoms with van der Waals surface area (Å²) in [5, 5.41) is 4.60. The van der Waals surface area contributed by atoms with Crippen molar-refractivity contribution in [3.63, 3.8) is 0 Å². The molecule has 6 heteroatoms. The van der Waals surface area contributed by atoms with Gasteiger partial charge >= 0.3 is 5.97 Å². The molecule has 134 valence electrons. The van der Waals surface area contributed by atoms with Crippen molar-refractivity contribution < 1.29 is 14.1 Å². The lowest BCUT2D eigenvalue weighted by Gasteiger charge is -2.10. The molecule has 0 bridgehead atoms. The second-order valence-electron chi connectivity index (χ2n) is 5.95. The maximum absolute atomic E-state index is 12.5. The van der Waals surface area contributed by atoms with Crippen LogP contribution in [0.25, 0.3) is 0 Å². The minimum atomic E-state index is -0.373. The van der Waals surface area contributed by atoms with Gasteiger partial charge in [-0.1, -0.05) is 29.4 Å². The molecular formula is C20H20N2O3S. The first-order chi connectivity index (χ1) is 12.6. The van der Waals surface area contributed by atoms with Gasteiger partial charge in [-0.25, -0.2) is 9.78 Å². The number of rotatable bonds is 6. The fraction of sp³-hybridized carbons (Fsp3) is 0.250. The number of carbonyl (C=O) groups excluding carboxylic acids is 1. The summed E-state index contributed by atoms with van der Waals surface area (Å²) >= 11 is 1.47. The summed E-state index contributed by atoms with van der Waals surface area (Å²) in [6, 6.07) is 11.3. The van der Waals surface area contributed by atoms with E-state index in [0.29, 0.717) is 16.3 Å². The molecule has 0 N–H and O–H groups in total. The first kappa shape index (κ1) is 18.2. The number of esters is 1. The molecule has 0 fully saturated rings. The smallest absolute Gasteiger partial charge is 0.341 e. The van der Waals surface area contributed by atoms with Crippen molar-refractivity contribution in [1.29, 1.82) is 0 Å². The predicted molar refractivity (Wildman–Crippen MR) is 100 cm³/mol. The second-order valence-corrected chi connectivity index (χ2v) is 6.91. The molecule has 0 amide bonds. The number of nitrogens with zero attached hydrogens (tertiary/aromatic N) is 2. The quantitative estimate of drug-likeness (QED) is 0.466. The largest absolute Gasteiger partial charge is 0.457 e. The summed E-state index contributed by atoms with van der Waals surface area (Å²) in [5.41, 5.74) is 4.45. The Kier molecular flexibility index (Phi) is 5.73. The third kappa shape index (κ3) is 4.14. The number of thioether (sulfide) groups is 1. The Balaban J connectivity index is 1.70. The number of hydrogen-bond acceptors (Lipinski definition) is 6. The van der Waals surface area contributed by atoms with Crippen LogP contribution in [-0.4, -0.2) is 16.1 Å². The SMILES string of the molecule is Cc1ccccc1COC(=O)c1cccnc1SCc1c(C)noc1C. The van der Waals surface area contributed by atoms with Crippen LogP contribution in [-0.2, 0) is 17.1 Å². The maximum atomic E-state index is 12.5. The van der Waals surface area contributed by atoms with E-state index in [4.69, 9.17) is 9.26 Å². The molecule has 0 saturated carbocycles. The number of aryl methyl sites for hydroxylation is 3. The average molecular weight is 368 g/mol. The third-order valence-electron chi connectivity index (χ3n) is 4.15. The Bertz CT molecular complexity index is 901. The summed E-state index contributed by atoms with van der Waals surface area (Å²) in [6.07, 6.45) is 1.67. The van der Waals surface area contributed by atoms with Crippen molar-refractivity contribution in [3.8, 4) is 0 Å². The molecule has 3 rings (SSSR count). The Hall–Kier alpha value is -2.60. The number of carbonyl (C=O) groups is 1. The van der Waals surface area contributed by atoms with Gasteiger partial charge in [0.05, 0.1) is 11.3 Å². The van der Waals surface area contributed by atoms with Gasteiger partial charge in [0, 0.05) is 17.5 Å². The zero-order valence-electron chi connectivity index (χ0n) is 15.0. The Morgan fingerprint density at radius 2 is 1.96 bits per heavy atom. The van der Waals surface area contributed by atoms with E-state index in [9.17, 15) is 4.79 Å². The van der Waals surface area contributed by atoms with Crippen molar-refractivity contribution >= 4 is 17.7 Å². The maximum Gasteiger partial charge on any atom is 0.341 e. The molecule has 0 aliphatic carbocycles. The summed E-state index contributed by atoms with van der Waals surface area (Å²) < 4.78 is 10.7. The van der Waals surface area contributed by atoms with Gasteiger partial charge in [0.25, 0.3) is 0 Å². The Morgan fingerprint density at radius 1 is 1.15 bits per heavy atom. The minimum Gasteiger partial charge on any atom is -0.457 e. The highest BCUT2D eigenvalue weighted by Crippen LogP contribution is 2.27. The van der Waals surface area contributed by atoms with Gasteiger partial charge < -0.3 is 9.26 Å². The van der Waals surface area contributed by atoms with Crippen molar-refractivity contribution in [2.45, 2.75) is 38.2 Å². The highest BCUT2D eigenvalue weighted by atomic mass is 32.2. The van der Waals surface area contributed by atoms with Crippen LogP contribution in [0.5, 0.6) is 0 Å². The van der Waals surface area contributed by atoms with Crippen molar-refractivity contribution in [2.75, 3.05) is 0 Å². The van der Waals surface area contributed by atoms with Gasteiger partial charge in [-0.15, -0.1) is 11.8 Å². The molecule has 1 aromatic carbocycles. The van der Waals surface area contributed by atoms with Crippen LogP contribution in [0.2, 0.25) is 0 Å². The second kappa shape index (κ2) is 8.19.